The first-order valence-corrected chi connectivity index (χ1v) is 5.18. The highest BCUT2D eigenvalue weighted by Gasteiger charge is 2.24. The Balaban J connectivity index is 2.02. The quantitative estimate of drug-likeness (QED) is 0.726. The molecule has 1 aromatic rings. The third kappa shape index (κ3) is 2.21. The fourth-order valence-electron chi connectivity index (χ4n) is 1.57. The Morgan fingerprint density at radius 1 is 1.38 bits per heavy atom. The Kier molecular flexibility index (Phi) is 2.90. The van der Waals surface area contributed by atoms with Crippen LogP contribution in [0.15, 0.2) is 24.3 Å². The molecule has 16 heavy (non-hydrogen) atoms. The fraction of sp³-hybridized carbons (Fsp3) is 0.333. The average molecular weight is 219 g/mol. The topological polar surface area (TPSA) is 46.6 Å². The van der Waals surface area contributed by atoms with Crippen molar-refractivity contribution in [2.24, 2.45) is 0 Å². The number of cyclic esters (lactones) is 1. The Hall–Kier alpha value is -1.84. The Bertz CT molecular complexity index is 411. The maximum Gasteiger partial charge on any atom is 0.410 e. The molecular formula is C12H13NO3. The van der Waals surface area contributed by atoms with Crippen LogP contribution in [-0.2, 0) is 4.74 Å². The summed E-state index contributed by atoms with van der Waals surface area (Å²) in [5, 5.41) is 0. The molecule has 1 saturated heterocycles. The summed E-state index contributed by atoms with van der Waals surface area (Å²) in [6.45, 7) is 2.93. The molecule has 0 aliphatic carbocycles. The zero-order chi connectivity index (χ0) is 11.5. The average Bonchev–Trinajstić information content (AvgIpc) is 2.65. The van der Waals surface area contributed by atoms with Crippen LogP contribution in [0.5, 0.6) is 0 Å². The number of benzene rings is 1. The SMILES string of the molecule is Cc1ccc(C(=O)CN2CCOC2=O)cc1. The lowest BCUT2D eigenvalue weighted by Gasteiger charge is -2.11. The second kappa shape index (κ2) is 4.35. The number of ketones is 1. The summed E-state index contributed by atoms with van der Waals surface area (Å²) in [6, 6.07) is 7.32. The van der Waals surface area contributed by atoms with Gasteiger partial charge >= 0.3 is 6.09 Å². The lowest BCUT2D eigenvalue weighted by Crippen LogP contribution is -2.30. The Morgan fingerprint density at radius 3 is 2.62 bits per heavy atom. The normalized spacial score (nSPS) is 15.1. The molecule has 0 radical (unpaired) electrons. The molecule has 84 valence electrons. The molecule has 0 bridgehead atoms. The molecule has 1 aliphatic rings. The molecule has 0 N–H and O–H groups in total. The van der Waals surface area contributed by atoms with Gasteiger partial charge in [0.25, 0.3) is 0 Å². The van der Waals surface area contributed by atoms with E-state index in [9.17, 15) is 9.59 Å². The first-order chi connectivity index (χ1) is 7.66. The molecule has 1 amide bonds. The molecule has 4 heteroatoms. The van der Waals surface area contributed by atoms with E-state index in [2.05, 4.69) is 0 Å². The summed E-state index contributed by atoms with van der Waals surface area (Å²) < 4.78 is 4.76. The molecule has 1 heterocycles. The van der Waals surface area contributed by atoms with Crippen LogP contribution in [0.1, 0.15) is 15.9 Å². The molecule has 0 atom stereocenters. The Labute approximate surface area is 93.8 Å². The number of carbonyl (C=O) groups excluding carboxylic acids is 2. The molecular weight excluding hydrogens is 206 g/mol. The number of aryl methyl sites for hydroxylation is 1. The van der Waals surface area contributed by atoms with Gasteiger partial charge in [-0.3, -0.25) is 9.69 Å². The van der Waals surface area contributed by atoms with Crippen LogP contribution in [0.25, 0.3) is 0 Å². The van der Waals surface area contributed by atoms with E-state index in [-0.39, 0.29) is 12.3 Å². The number of hydrogen-bond donors (Lipinski definition) is 0. The van der Waals surface area contributed by atoms with Crippen molar-refractivity contribution in [1.82, 2.24) is 4.90 Å². The second-order valence-electron chi connectivity index (χ2n) is 3.83. The summed E-state index contributed by atoms with van der Waals surface area (Å²) in [5.41, 5.74) is 1.74. The van der Waals surface area contributed by atoms with Crippen LogP contribution in [0.4, 0.5) is 4.79 Å². The maximum atomic E-state index is 11.8. The number of rotatable bonds is 3. The van der Waals surface area contributed by atoms with Gasteiger partial charge in [0.15, 0.2) is 5.78 Å². The number of nitrogens with zero attached hydrogens (tertiary/aromatic N) is 1. The van der Waals surface area contributed by atoms with Gasteiger partial charge in [0.2, 0.25) is 0 Å². The van der Waals surface area contributed by atoms with Gasteiger partial charge in [-0.15, -0.1) is 0 Å². The standard InChI is InChI=1S/C12H13NO3/c1-9-2-4-10(5-3-9)11(14)8-13-6-7-16-12(13)15/h2-5H,6-8H2,1H3. The third-order valence-corrected chi connectivity index (χ3v) is 2.55. The van der Waals surface area contributed by atoms with Crippen molar-refractivity contribution < 1.29 is 14.3 Å². The highest BCUT2D eigenvalue weighted by Crippen LogP contribution is 2.08. The number of carbonyl (C=O) groups is 2. The van der Waals surface area contributed by atoms with Crippen molar-refractivity contribution in [3.8, 4) is 0 Å². The number of ether oxygens (including phenoxy) is 1. The largest absolute Gasteiger partial charge is 0.448 e. The molecule has 1 aromatic carbocycles. The monoisotopic (exact) mass is 219 g/mol. The maximum absolute atomic E-state index is 11.8. The first kappa shape index (κ1) is 10.7. The van der Waals surface area contributed by atoms with E-state index in [0.29, 0.717) is 18.7 Å². The van der Waals surface area contributed by atoms with Gasteiger partial charge in [-0.05, 0) is 6.92 Å². The lowest BCUT2D eigenvalue weighted by atomic mass is 10.1. The van der Waals surface area contributed by atoms with Crippen molar-refractivity contribution in [2.75, 3.05) is 19.7 Å². The van der Waals surface area contributed by atoms with E-state index in [4.69, 9.17) is 4.74 Å². The number of Topliss-reactive ketones (excluding diaryl/α,β-unsaturated/α-hetero) is 1. The number of hydrogen-bond acceptors (Lipinski definition) is 3. The predicted octanol–water partition coefficient (Wildman–Crippen LogP) is 1.63. The first-order valence-electron chi connectivity index (χ1n) is 5.18. The fourth-order valence-corrected chi connectivity index (χ4v) is 1.57. The molecule has 2 rings (SSSR count). The highest BCUT2D eigenvalue weighted by molar-refractivity contribution is 5.99. The van der Waals surface area contributed by atoms with Gasteiger partial charge in [-0.25, -0.2) is 4.79 Å². The summed E-state index contributed by atoms with van der Waals surface area (Å²) in [4.78, 5) is 24.4. The van der Waals surface area contributed by atoms with Crippen LogP contribution < -0.4 is 0 Å². The van der Waals surface area contributed by atoms with Crippen LogP contribution >= 0.6 is 0 Å². The van der Waals surface area contributed by atoms with Crippen LogP contribution in [0.2, 0.25) is 0 Å². The van der Waals surface area contributed by atoms with Gasteiger partial charge in [0, 0.05) is 5.56 Å². The molecule has 0 aromatic heterocycles. The second-order valence-corrected chi connectivity index (χ2v) is 3.83. The van der Waals surface area contributed by atoms with Gasteiger partial charge in [0.1, 0.15) is 6.61 Å². The summed E-state index contributed by atoms with van der Waals surface area (Å²) in [6.07, 6.45) is -0.402. The van der Waals surface area contributed by atoms with E-state index < -0.39 is 6.09 Å². The van der Waals surface area contributed by atoms with E-state index in [1.54, 1.807) is 12.1 Å². The zero-order valence-corrected chi connectivity index (χ0v) is 9.10. The number of amides is 1. The van der Waals surface area contributed by atoms with Crippen molar-refractivity contribution in [3.05, 3.63) is 35.4 Å². The molecule has 0 spiro atoms. The molecule has 4 nitrogen and oxygen atoms in total. The molecule has 1 fully saturated rings. The van der Waals surface area contributed by atoms with Gasteiger partial charge < -0.3 is 4.74 Å². The van der Waals surface area contributed by atoms with Gasteiger partial charge in [-0.1, -0.05) is 29.8 Å². The van der Waals surface area contributed by atoms with E-state index in [0.717, 1.165) is 5.56 Å². The zero-order valence-electron chi connectivity index (χ0n) is 9.10. The Morgan fingerprint density at radius 2 is 2.06 bits per heavy atom. The van der Waals surface area contributed by atoms with E-state index >= 15 is 0 Å². The molecule has 1 aliphatic heterocycles. The van der Waals surface area contributed by atoms with Crippen LogP contribution in [0, 0.1) is 6.92 Å². The third-order valence-electron chi connectivity index (χ3n) is 2.55. The van der Waals surface area contributed by atoms with E-state index in [1.165, 1.54) is 4.90 Å². The van der Waals surface area contributed by atoms with Crippen LogP contribution in [0.3, 0.4) is 0 Å². The van der Waals surface area contributed by atoms with Crippen LogP contribution in [-0.4, -0.2) is 36.5 Å². The van der Waals surface area contributed by atoms with Crippen molar-refractivity contribution in [2.45, 2.75) is 6.92 Å². The van der Waals surface area contributed by atoms with E-state index in [1.807, 2.05) is 19.1 Å². The van der Waals surface area contributed by atoms with Crippen molar-refractivity contribution >= 4 is 11.9 Å². The smallest absolute Gasteiger partial charge is 0.410 e. The molecule has 0 saturated carbocycles. The predicted molar refractivity (Wildman–Crippen MR) is 58.4 cm³/mol. The lowest BCUT2D eigenvalue weighted by molar-refractivity contribution is 0.0943. The summed E-state index contributed by atoms with van der Waals surface area (Å²) in [5.74, 6) is -0.0566. The minimum Gasteiger partial charge on any atom is -0.448 e. The van der Waals surface area contributed by atoms with Crippen molar-refractivity contribution in [3.63, 3.8) is 0 Å². The van der Waals surface area contributed by atoms with Gasteiger partial charge in [-0.2, -0.15) is 0 Å². The minimum atomic E-state index is -0.402. The summed E-state index contributed by atoms with van der Waals surface area (Å²) >= 11 is 0. The highest BCUT2D eigenvalue weighted by atomic mass is 16.6. The molecule has 0 unspecified atom stereocenters. The minimum absolute atomic E-state index is 0.0566. The summed E-state index contributed by atoms with van der Waals surface area (Å²) in [7, 11) is 0. The van der Waals surface area contributed by atoms with Gasteiger partial charge in [0.05, 0.1) is 13.1 Å². The van der Waals surface area contributed by atoms with Crippen molar-refractivity contribution in [1.29, 1.82) is 0 Å².